The van der Waals surface area contributed by atoms with Gasteiger partial charge in [0.1, 0.15) is 5.67 Å². The molecule has 1 aliphatic heterocycles. The fraction of sp³-hybridized carbons (Fsp3) is 1.00. The van der Waals surface area contributed by atoms with E-state index in [-0.39, 0.29) is 0 Å². The predicted octanol–water partition coefficient (Wildman–Crippen LogP) is 1.76. The lowest BCUT2D eigenvalue weighted by atomic mass is 9.93. The minimum atomic E-state index is -0.994. The Hall–Kier alpha value is -0.150. The van der Waals surface area contributed by atoms with Crippen molar-refractivity contribution in [1.82, 2.24) is 9.80 Å². The van der Waals surface area contributed by atoms with Crippen LogP contribution in [0.1, 0.15) is 26.7 Å². The molecule has 0 aromatic heterocycles. The Morgan fingerprint density at radius 3 is 2.57 bits per heavy atom. The highest BCUT2D eigenvalue weighted by Gasteiger charge is 2.36. The van der Waals surface area contributed by atoms with Crippen molar-refractivity contribution in [3.05, 3.63) is 0 Å². The van der Waals surface area contributed by atoms with Gasteiger partial charge in [-0.2, -0.15) is 0 Å². The predicted molar refractivity (Wildman–Crippen MR) is 58.3 cm³/mol. The molecule has 0 radical (unpaired) electrons. The van der Waals surface area contributed by atoms with Crippen LogP contribution in [0, 0.1) is 0 Å². The Bertz CT molecular complexity index is 182. The molecule has 84 valence electrons. The molecule has 2 nitrogen and oxygen atoms in total. The molecule has 0 unspecified atom stereocenters. The first-order valence-electron chi connectivity index (χ1n) is 5.51. The molecule has 1 aliphatic rings. The lowest BCUT2D eigenvalue weighted by Crippen LogP contribution is -2.52. The molecular weight excluding hydrogens is 179 g/mol. The molecule has 1 rings (SSSR count). The van der Waals surface area contributed by atoms with E-state index in [1.807, 2.05) is 19.0 Å². The van der Waals surface area contributed by atoms with Crippen molar-refractivity contribution < 1.29 is 4.39 Å². The lowest BCUT2D eigenvalue weighted by molar-refractivity contribution is 0.0122. The zero-order chi connectivity index (χ0) is 10.8. The maximum absolute atomic E-state index is 14.4. The molecule has 0 aliphatic carbocycles. The van der Waals surface area contributed by atoms with Gasteiger partial charge in [0.15, 0.2) is 0 Å². The van der Waals surface area contributed by atoms with E-state index in [0.717, 1.165) is 13.0 Å². The third-order valence-corrected chi connectivity index (χ3v) is 2.89. The molecular formula is C11H23FN2. The Morgan fingerprint density at radius 1 is 1.43 bits per heavy atom. The van der Waals surface area contributed by atoms with Crippen LogP contribution in [0.3, 0.4) is 0 Å². The van der Waals surface area contributed by atoms with E-state index in [1.54, 1.807) is 0 Å². The second-order valence-electron chi connectivity index (χ2n) is 5.06. The highest BCUT2D eigenvalue weighted by Crippen LogP contribution is 2.26. The SMILES string of the molecule is CC(C)N1CCC[C@](F)(CN(C)C)C1. The maximum Gasteiger partial charge on any atom is 0.136 e. The average molecular weight is 202 g/mol. The van der Waals surface area contributed by atoms with Gasteiger partial charge in [-0.1, -0.05) is 0 Å². The van der Waals surface area contributed by atoms with E-state index >= 15 is 0 Å². The van der Waals surface area contributed by atoms with Crippen molar-refractivity contribution in [3.63, 3.8) is 0 Å². The van der Waals surface area contributed by atoms with Crippen molar-refractivity contribution >= 4 is 0 Å². The van der Waals surface area contributed by atoms with Gasteiger partial charge in [-0.05, 0) is 47.3 Å². The monoisotopic (exact) mass is 202 g/mol. The number of nitrogens with zero attached hydrogens (tertiary/aromatic N) is 2. The highest BCUT2D eigenvalue weighted by atomic mass is 19.1. The van der Waals surface area contributed by atoms with E-state index < -0.39 is 5.67 Å². The number of likely N-dealkylation sites (tertiary alicyclic amines) is 1. The quantitative estimate of drug-likeness (QED) is 0.688. The molecule has 1 atom stereocenters. The number of alkyl halides is 1. The molecule has 1 heterocycles. The summed E-state index contributed by atoms with van der Waals surface area (Å²) in [7, 11) is 3.88. The van der Waals surface area contributed by atoms with E-state index in [1.165, 1.54) is 0 Å². The third-order valence-electron chi connectivity index (χ3n) is 2.89. The zero-order valence-electron chi connectivity index (χ0n) is 9.89. The molecule has 14 heavy (non-hydrogen) atoms. The summed E-state index contributed by atoms with van der Waals surface area (Å²) in [6, 6.07) is 0.465. The Morgan fingerprint density at radius 2 is 2.07 bits per heavy atom. The van der Waals surface area contributed by atoms with Crippen LogP contribution in [0.15, 0.2) is 0 Å². The Kier molecular flexibility index (Phi) is 3.90. The summed E-state index contributed by atoms with van der Waals surface area (Å²) in [5.74, 6) is 0. The summed E-state index contributed by atoms with van der Waals surface area (Å²) in [6.45, 7) is 6.48. The molecule has 3 heteroatoms. The van der Waals surface area contributed by atoms with Crippen molar-refractivity contribution in [1.29, 1.82) is 0 Å². The highest BCUT2D eigenvalue weighted by molar-refractivity contribution is 4.90. The van der Waals surface area contributed by atoms with Crippen LogP contribution in [0.25, 0.3) is 0 Å². The van der Waals surface area contributed by atoms with Crippen molar-refractivity contribution in [2.45, 2.75) is 38.4 Å². The Labute approximate surface area is 87.1 Å². The molecule has 0 aromatic rings. The molecule has 0 bridgehead atoms. The van der Waals surface area contributed by atoms with Crippen LogP contribution >= 0.6 is 0 Å². The number of hydrogen-bond donors (Lipinski definition) is 0. The average Bonchev–Trinajstić information content (AvgIpc) is 2.01. The minimum absolute atomic E-state index is 0.465. The molecule has 1 fully saturated rings. The summed E-state index contributed by atoms with van der Waals surface area (Å²) in [6.07, 6.45) is 1.71. The summed E-state index contributed by atoms with van der Waals surface area (Å²) < 4.78 is 14.4. The first-order valence-corrected chi connectivity index (χ1v) is 5.51. The fourth-order valence-corrected chi connectivity index (χ4v) is 2.26. The molecule has 0 aromatic carbocycles. The van der Waals surface area contributed by atoms with Gasteiger partial charge in [-0.15, -0.1) is 0 Å². The number of rotatable bonds is 3. The third kappa shape index (κ3) is 3.21. The Balaban J connectivity index is 2.53. The van der Waals surface area contributed by atoms with Crippen LogP contribution < -0.4 is 0 Å². The van der Waals surface area contributed by atoms with Crippen molar-refractivity contribution in [3.8, 4) is 0 Å². The first kappa shape index (κ1) is 11.9. The van der Waals surface area contributed by atoms with Gasteiger partial charge < -0.3 is 4.90 Å². The topological polar surface area (TPSA) is 6.48 Å². The summed E-state index contributed by atoms with van der Waals surface area (Å²) in [4.78, 5) is 4.19. The van der Waals surface area contributed by atoms with Crippen LogP contribution in [-0.4, -0.2) is 55.2 Å². The second kappa shape index (κ2) is 4.58. The summed E-state index contributed by atoms with van der Waals surface area (Å²) in [5.41, 5.74) is -0.994. The summed E-state index contributed by atoms with van der Waals surface area (Å²) >= 11 is 0. The zero-order valence-corrected chi connectivity index (χ0v) is 9.89. The van der Waals surface area contributed by atoms with E-state index in [0.29, 0.717) is 25.6 Å². The van der Waals surface area contributed by atoms with E-state index in [2.05, 4.69) is 18.7 Å². The van der Waals surface area contributed by atoms with Gasteiger partial charge in [0.25, 0.3) is 0 Å². The normalized spacial score (nSPS) is 30.2. The number of halogens is 1. The fourth-order valence-electron chi connectivity index (χ4n) is 2.26. The van der Waals surface area contributed by atoms with Crippen molar-refractivity contribution in [2.24, 2.45) is 0 Å². The summed E-state index contributed by atoms with van der Waals surface area (Å²) in [5, 5.41) is 0. The van der Waals surface area contributed by atoms with Crippen LogP contribution in [0.5, 0.6) is 0 Å². The van der Waals surface area contributed by atoms with Gasteiger partial charge in [-0.25, -0.2) is 4.39 Å². The molecule has 0 spiro atoms. The number of hydrogen-bond acceptors (Lipinski definition) is 2. The molecule has 1 saturated heterocycles. The van der Waals surface area contributed by atoms with Crippen LogP contribution in [0.2, 0.25) is 0 Å². The van der Waals surface area contributed by atoms with E-state index in [9.17, 15) is 4.39 Å². The van der Waals surface area contributed by atoms with Gasteiger partial charge in [0.2, 0.25) is 0 Å². The number of piperidine rings is 1. The van der Waals surface area contributed by atoms with Gasteiger partial charge >= 0.3 is 0 Å². The van der Waals surface area contributed by atoms with Gasteiger partial charge in [-0.3, -0.25) is 4.90 Å². The molecule has 0 N–H and O–H groups in total. The van der Waals surface area contributed by atoms with Gasteiger partial charge in [0.05, 0.1) is 0 Å². The molecule has 0 amide bonds. The van der Waals surface area contributed by atoms with E-state index in [4.69, 9.17) is 0 Å². The second-order valence-corrected chi connectivity index (χ2v) is 5.06. The van der Waals surface area contributed by atoms with Crippen LogP contribution in [-0.2, 0) is 0 Å². The minimum Gasteiger partial charge on any atom is -0.306 e. The smallest absolute Gasteiger partial charge is 0.136 e. The standard InChI is InChI=1S/C11H23FN2/c1-10(2)14-7-5-6-11(12,9-14)8-13(3)4/h10H,5-9H2,1-4H3/t11-/m0/s1. The largest absolute Gasteiger partial charge is 0.306 e. The first-order chi connectivity index (χ1) is 6.43. The maximum atomic E-state index is 14.4. The van der Waals surface area contributed by atoms with Crippen LogP contribution in [0.4, 0.5) is 4.39 Å². The lowest BCUT2D eigenvalue weighted by Gasteiger charge is -2.40. The molecule has 0 saturated carbocycles. The van der Waals surface area contributed by atoms with Crippen molar-refractivity contribution in [2.75, 3.05) is 33.7 Å². The van der Waals surface area contributed by atoms with Gasteiger partial charge in [0, 0.05) is 19.1 Å².